The number of hydrogen-bond acceptors (Lipinski definition) is 3. The first kappa shape index (κ1) is 10.4. The molecule has 2 rings (SSSR count). The molecule has 0 radical (unpaired) electrons. The second-order valence-electron chi connectivity index (χ2n) is 3.33. The van der Waals surface area contributed by atoms with Crippen LogP contribution >= 0.6 is 0 Å². The third kappa shape index (κ3) is 1.79. The van der Waals surface area contributed by atoms with Gasteiger partial charge in [-0.15, -0.1) is 0 Å². The number of nitrogens with two attached hydrogens (primary N) is 1. The van der Waals surface area contributed by atoms with Crippen molar-refractivity contribution >= 4 is 5.82 Å². The predicted octanol–water partition coefficient (Wildman–Crippen LogP) is 1.35. The third-order valence-electron chi connectivity index (χ3n) is 2.26. The molecule has 4 N–H and O–H groups in total. The molecule has 5 heteroatoms. The quantitative estimate of drug-likeness (QED) is 0.728. The van der Waals surface area contributed by atoms with Gasteiger partial charge in [0.1, 0.15) is 11.6 Å². The topological polar surface area (TPSA) is 83.9 Å². The van der Waals surface area contributed by atoms with E-state index in [1.807, 2.05) is 19.1 Å². The highest BCUT2D eigenvalue weighted by Gasteiger charge is 2.09. The van der Waals surface area contributed by atoms with Crippen LogP contribution in [0.15, 0.2) is 29.1 Å². The van der Waals surface area contributed by atoms with Crippen LogP contribution in [-0.4, -0.2) is 16.8 Å². The zero-order chi connectivity index (χ0) is 11.5. The third-order valence-corrected chi connectivity index (χ3v) is 2.26. The number of hydrogen-bond donors (Lipinski definition) is 3. The number of aromatic amines is 2. The minimum absolute atomic E-state index is 0.221. The fourth-order valence-electron chi connectivity index (χ4n) is 1.54. The summed E-state index contributed by atoms with van der Waals surface area (Å²) in [5, 5.41) is 5.02. The maximum Gasteiger partial charge on any atom is 0.273 e. The Labute approximate surface area is 92.2 Å². The van der Waals surface area contributed by atoms with Gasteiger partial charge in [0.25, 0.3) is 5.56 Å². The molecule has 0 saturated carbocycles. The van der Waals surface area contributed by atoms with Crippen molar-refractivity contribution in [3.8, 4) is 16.9 Å². The van der Waals surface area contributed by atoms with Crippen LogP contribution in [0.5, 0.6) is 5.75 Å². The minimum atomic E-state index is -0.221. The Hall–Kier alpha value is -2.17. The summed E-state index contributed by atoms with van der Waals surface area (Å²) < 4.78 is 5.31. The van der Waals surface area contributed by atoms with Crippen LogP contribution in [0.4, 0.5) is 5.82 Å². The van der Waals surface area contributed by atoms with Gasteiger partial charge in [0.05, 0.1) is 12.2 Å². The zero-order valence-electron chi connectivity index (χ0n) is 8.91. The van der Waals surface area contributed by atoms with Crippen molar-refractivity contribution in [3.05, 3.63) is 34.6 Å². The summed E-state index contributed by atoms with van der Waals surface area (Å²) in [5.41, 5.74) is 6.66. The number of nitrogens with one attached hydrogen (secondary N) is 2. The van der Waals surface area contributed by atoms with Crippen LogP contribution in [0.1, 0.15) is 6.92 Å². The van der Waals surface area contributed by atoms with Gasteiger partial charge in [0.2, 0.25) is 0 Å². The molecule has 84 valence electrons. The highest BCUT2D eigenvalue weighted by Crippen LogP contribution is 2.22. The Balaban J connectivity index is 2.39. The molecule has 0 aliphatic heterocycles. The fourth-order valence-corrected chi connectivity index (χ4v) is 1.54. The molecule has 16 heavy (non-hydrogen) atoms. The normalized spacial score (nSPS) is 10.3. The first-order chi connectivity index (χ1) is 7.72. The van der Waals surface area contributed by atoms with E-state index in [4.69, 9.17) is 10.5 Å². The number of nitrogen functional groups attached to an aromatic ring is 1. The summed E-state index contributed by atoms with van der Waals surface area (Å²) in [6.07, 6.45) is 0. The lowest BCUT2D eigenvalue weighted by atomic mass is 10.1. The fraction of sp³-hybridized carbons (Fsp3) is 0.182. The second kappa shape index (κ2) is 4.14. The van der Waals surface area contributed by atoms with E-state index in [1.54, 1.807) is 12.1 Å². The molecule has 1 aromatic carbocycles. The van der Waals surface area contributed by atoms with Crippen molar-refractivity contribution in [1.82, 2.24) is 10.2 Å². The molecule has 0 bridgehead atoms. The molecule has 0 atom stereocenters. The summed E-state index contributed by atoms with van der Waals surface area (Å²) in [7, 11) is 0. The molecule has 2 aromatic rings. The van der Waals surface area contributed by atoms with E-state index in [1.165, 1.54) is 0 Å². The minimum Gasteiger partial charge on any atom is -0.494 e. The van der Waals surface area contributed by atoms with E-state index < -0.39 is 0 Å². The molecule has 0 saturated heterocycles. The van der Waals surface area contributed by atoms with Crippen molar-refractivity contribution in [2.24, 2.45) is 0 Å². The molecule has 5 nitrogen and oxygen atoms in total. The molecular formula is C11H13N3O2. The summed E-state index contributed by atoms with van der Waals surface area (Å²) in [6.45, 7) is 2.54. The van der Waals surface area contributed by atoms with Crippen molar-refractivity contribution in [2.45, 2.75) is 6.92 Å². The van der Waals surface area contributed by atoms with E-state index in [0.29, 0.717) is 18.0 Å². The van der Waals surface area contributed by atoms with Crippen LogP contribution in [0, 0.1) is 0 Å². The SMILES string of the molecule is CCOc1ccc(-c2c(N)[nH][nH]c2=O)cc1. The lowest BCUT2D eigenvalue weighted by Crippen LogP contribution is -2.02. The van der Waals surface area contributed by atoms with Gasteiger partial charge in [-0.2, -0.15) is 0 Å². The smallest absolute Gasteiger partial charge is 0.273 e. The van der Waals surface area contributed by atoms with Crippen molar-refractivity contribution in [1.29, 1.82) is 0 Å². The largest absolute Gasteiger partial charge is 0.494 e. The van der Waals surface area contributed by atoms with E-state index >= 15 is 0 Å². The Morgan fingerprint density at radius 2 is 1.94 bits per heavy atom. The first-order valence-corrected chi connectivity index (χ1v) is 5.01. The number of rotatable bonds is 3. The van der Waals surface area contributed by atoms with Crippen LogP contribution in [0.3, 0.4) is 0 Å². The van der Waals surface area contributed by atoms with E-state index in [2.05, 4.69) is 10.2 Å². The highest BCUT2D eigenvalue weighted by atomic mass is 16.5. The molecule has 0 amide bonds. The molecular weight excluding hydrogens is 206 g/mol. The standard InChI is InChI=1S/C11H13N3O2/c1-2-16-8-5-3-7(4-6-8)9-10(12)13-14-11(9)15/h3-6H,2H2,1H3,(H4,12,13,14,15). The molecule has 0 aliphatic rings. The van der Waals surface area contributed by atoms with Crippen LogP contribution in [-0.2, 0) is 0 Å². The maximum absolute atomic E-state index is 11.5. The van der Waals surface area contributed by atoms with Gasteiger partial charge in [-0.05, 0) is 24.6 Å². The average Bonchev–Trinajstić information content (AvgIpc) is 2.61. The first-order valence-electron chi connectivity index (χ1n) is 5.01. The van der Waals surface area contributed by atoms with E-state index in [0.717, 1.165) is 11.3 Å². The number of benzene rings is 1. The van der Waals surface area contributed by atoms with Gasteiger partial charge in [0.15, 0.2) is 0 Å². The zero-order valence-corrected chi connectivity index (χ0v) is 8.91. The average molecular weight is 219 g/mol. The Bertz CT molecular complexity index is 525. The predicted molar refractivity (Wildman–Crippen MR) is 62.4 cm³/mol. The lowest BCUT2D eigenvalue weighted by molar-refractivity contribution is 0.340. The van der Waals surface area contributed by atoms with E-state index in [-0.39, 0.29) is 5.56 Å². The van der Waals surface area contributed by atoms with Gasteiger partial charge in [-0.25, -0.2) is 0 Å². The molecule has 0 fully saturated rings. The van der Waals surface area contributed by atoms with Crippen molar-refractivity contribution < 1.29 is 4.74 Å². The summed E-state index contributed by atoms with van der Waals surface area (Å²) in [5.74, 6) is 1.12. The number of H-pyrrole nitrogens is 2. The van der Waals surface area contributed by atoms with Crippen LogP contribution in [0.2, 0.25) is 0 Å². The Morgan fingerprint density at radius 1 is 1.25 bits per heavy atom. The van der Waals surface area contributed by atoms with Gasteiger partial charge < -0.3 is 10.5 Å². The summed E-state index contributed by atoms with van der Waals surface area (Å²) in [4.78, 5) is 11.5. The Kier molecular flexibility index (Phi) is 2.68. The number of ether oxygens (including phenoxy) is 1. The van der Waals surface area contributed by atoms with E-state index in [9.17, 15) is 4.79 Å². The molecule has 1 heterocycles. The van der Waals surface area contributed by atoms with Crippen molar-refractivity contribution in [2.75, 3.05) is 12.3 Å². The van der Waals surface area contributed by atoms with Gasteiger partial charge in [-0.3, -0.25) is 15.0 Å². The van der Waals surface area contributed by atoms with Gasteiger partial charge >= 0.3 is 0 Å². The maximum atomic E-state index is 11.5. The summed E-state index contributed by atoms with van der Waals surface area (Å²) >= 11 is 0. The lowest BCUT2D eigenvalue weighted by Gasteiger charge is -2.03. The van der Waals surface area contributed by atoms with Crippen LogP contribution < -0.4 is 16.0 Å². The van der Waals surface area contributed by atoms with Gasteiger partial charge in [0, 0.05) is 0 Å². The number of anilines is 1. The molecule has 0 unspecified atom stereocenters. The van der Waals surface area contributed by atoms with Crippen molar-refractivity contribution in [3.63, 3.8) is 0 Å². The molecule has 0 aliphatic carbocycles. The Morgan fingerprint density at radius 3 is 2.44 bits per heavy atom. The highest BCUT2D eigenvalue weighted by molar-refractivity contribution is 5.73. The van der Waals surface area contributed by atoms with Crippen LogP contribution in [0.25, 0.3) is 11.1 Å². The monoisotopic (exact) mass is 219 g/mol. The summed E-state index contributed by atoms with van der Waals surface area (Å²) in [6, 6.07) is 7.23. The van der Waals surface area contributed by atoms with Gasteiger partial charge in [-0.1, -0.05) is 12.1 Å². The number of aromatic nitrogens is 2. The molecule has 1 aromatic heterocycles. The molecule has 0 spiro atoms. The second-order valence-corrected chi connectivity index (χ2v) is 3.33.